The molecular weight excluding hydrogens is 274 g/mol. The Labute approximate surface area is 104 Å². The largest absolute Gasteiger partial charge is 0.372 e. The fraction of sp³-hybridized carbons (Fsp3) is 0.600. The number of anilines is 1. The molecule has 0 amide bonds. The predicted molar refractivity (Wildman–Crippen MR) is 70.3 cm³/mol. The number of rotatable bonds is 5. The Kier molecular flexibility index (Phi) is 5.39. The number of hydrogen-bond acceptors (Lipinski definition) is 4. The lowest BCUT2D eigenvalue weighted by Crippen LogP contribution is -2.01. The Morgan fingerprint density at radius 3 is 2.93 bits per heavy atom. The average Bonchev–Trinajstić information content (AvgIpc) is 2.27. The number of hydrogen-bond donors (Lipinski definition) is 1. The van der Waals surface area contributed by atoms with Gasteiger partial charge in [-0.3, -0.25) is 0 Å². The number of thioether (sulfide) groups is 1. The van der Waals surface area contributed by atoms with Gasteiger partial charge in [-0.2, -0.15) is 11.8 Å². The van der Waals surface area contributed by atoms with Gasteiger partial charge in [0.15, 0.2) is 0 Å². The van der Waals surface area contributed by atoms with Crippen LogP contribution in [0.25, 0.3) is 0 Å². The van der Waals surface area contributed by atoms with Crippen molar-refractivity contribution in [2.75, 3.05) is 12.4 Å². The number of aromatic nitrogens is 2. The normalized spacial score (nSPS) is 12.5. The van der Waals surface area contributed by atoms with E-state index in [9.17, 15) is 0 Å². The van der Waals surface area contributed by atoms with Crippen LogP contribution in [0, 0.1) is 0 Å². The molecule has 0 spiro atoms. The first-order valence-corrected chi connectivity index (χ1v) is 6.82. The molecule has 1 heterocycles. The van der Waals surface area contributed by atoms with Crippen LogP contribution < -0.4 is 5.32 Å². The lowest BCUT2D eigenvalue weighted by atomic mass is 10.4. The predicted octanol–water partition coefficient (Wildman–Crippen LogP) is 3.31. The van der Waals surface area contributed by atoms with Crippen LogP contribution in [0.1, 0.15) is 26.1 Å². The SMILES string of the molecule is CCC(C)SCc1ncc(Br)c(NC)n1. The van der Waals surface area contributed by atoms with E-state index in [0.29, 0.717) is 5.25 Å². The highest BCUT2D eigenvalue weighted by atomic mass is 79.9. The third-order valence-corrected chi connectivity index (χ3v) is 4.01. The van der Waals surface area contributed by atoms with Gasteiger partial charge in [-0.25, -0.2) is 9.97 Å². The summed E-state index contributed by atoms with van der Waals surface area (Å²) in [5.74, 6) is 2.61. The van der Waals surface area contributed by atoms with Crippen molar-refractivity contribution in [2.45, 2.75) is 31.3 Å². The topological polar surface area (TPSA) is 37.8 Å². The summed E-state index contributed by atoms with van der Waals surface area (Å²) in [6.45, 7) is 4.42. The zero-order chi connectivity index (χ0) is 11.3. The highest BCUT2D eigenvalue weighted by Crippen LogP contribution is 2.21. The molecular formula is C10H16BrN3S. The Hall–Kier alpha value is -0.290. The second kappa shape index (κ2) is 6.33. The van der Waals surface area contributed by atoms with Gasteiger partial charge in [0.05, 0.1) is 10.2 Å². The third kappa shape index (κ3) is 3.99. The van der Waals surface area contributed by atoms with Crippen LogP contribution in [0.5, 0.6) is 0 Å². The molecule has 84 valence electrons. The van der Waals surface area contributed by atoms with Crippen molar-refractivity contribution >= 4 is 33.5 Å². The van der Waals surface area contributed by atoms with Gasteiger partial charge in [-0.15, -0.1) is 0 Å². The van der Waals surface area contributed by atoms with Crippen LogP contribution >= 0.6 is 27.7 Å². The second-order valence-electron chi connectivity index (χ2n) is 3.26. The molecule has 0 saturated carbocycles. The number of nitrogens with one attached hydrogen (secondary N) is 1. The molecule has 1 atom stereocenters. The maximum atomic E-state index is 4.41. The first-order chi connectivity index (χ1) is 7.17. The van der Waals surface area contributed by atoms with E-state index in [1.54, 1.807) is 6.20 Å². The molecule has 0 aliphatic rings. The maximum Gasteiger partial charge on any atom is 0.143 e. The van der Waals surface area contributed by atoms with Gasteiger partial charge in [-0.05, 0) is 22.4 Å². The molecule has 0 aliphatic carbocycles. The van der Waals surface area contributed by atoms with Crippen molar-refractivity contribution in [3.05, 3.63) is 16.5 Å². The van der Waals surface area contributed by atoms with Crippen molar-refractivity contribution in [2.24, 2.45) is 0 Å². The lowest BCUT2D eigenvalue weighted by Gasteiger charge is -2.08. The van der Waals surface area contributed by atoms with E-state index < -0.39 is 0 Å². The molecule has 0 fully saturated rings. The van der Waals surface area contributed by atoms with E-state index >= 15 is 0 Å². The van der Waals surface area contributed by atoms with Gasteiger partial charge >= 0.3 is 0 Å². The monoisotopic (exact) mass is 289 g/mol. The van der Waals surface area contributed by atoms with Crippen LogP contribution in [0.15, 0.2) is 10.7 Å². The molecule has 3 nitrogen and oxygen atoms in total. The summed E-state index contributed by atoms with van der Waals surface area (Å²) in [5.41, 5.74) is 0. The summed E-state index contributed by atoms with van der Waals surface area (Å²) in [7, 11) is 1.86. The highest BCUT2D eigenvalue weighted by Gasteiger charge is 2.05. The number of nitrogens with zero attached hydrogens (tertiary/aromatic N) is 2. The average molecular weight is 290 g/mol. The molecule has 0 aromatic carbocycles. The van der Waals surface area contributed by atoms with Crippen molar-refractivity contribution < 1.29 is 0 Å². The maximum absolute atomic E-state index is 4.41. The molecule has 5 heteroatoms. The molecule has 15 heavy (non-hydrogen) atoms. The van der Waals surface area contributed by atoms with Crippen molar-refractivity contribution in [3.63, 3.8) is 0 Å². The minimum Gasteiger partial charge on any atom is -0.372 e. The summed E-state index contributed by atoms with van der Waals surface area (Å²) < 4.78 is 0.905. The van der Waals surface area contributed by atoms with Gasteiger partial charge in [0, 0.05) is 18.5 Å². The van der Waals surface area contributed by atoms with Crippen LogP contribution in [0.4, 0.5) is 5.82 Å². The Bertz CT molecular complexity index is 320. The third-order valence-electron chi connectivity index (χ3n) is 2.10. The minimum absolute atomic E-state index is 0.662. The molecule has 0 bridgehead atoms. The molecule has 1 aromatic rings. The standard InChI is InChI=1S/C10H16BrN3S/c1-4-7(2)15-6-9-13-5-8(11)10(12-3)14-9/h5,7H,4,6H2,1-3H3,(H,12,13,14). The molecule has 0 aliphatic heterocycles. The van der Waals surface area contributed by atoms with Gasteiger partial charge in [0.25, 0.3) is 0 Å². The first kappa shape index (κ1) is 12.8. The summed E-state index contributed by atoms with van der Waals surface area (Å²) >= 11 is 5.28. The van der Waals surface area contributed by atoms with E-state index in [-0.39, 0.29) is 0 Å². The van der Waals surface area contributed by atoms with Gasteiger partial charge in [0.1, 0.15) is 11.6 Å². The summed E-state index contributed by atoms with van der Waals surface area (Å²) in [4.78, 5) is 8.68. The zero-order valence-corrected chi connectivity index (χ0v) is 11.7. The van der Waals surface area contributed by atoms with Crippen molar-refractivity contribution in [3.8, 4) is 0 Å². The Morgan fingerprint density at radius 2 is 2.33 bits per heavy atom. The summed E-state index contributed by atoms with van der Waals surface area (Å²) in [6, 6.07) is 0. The fourth-order valence-corrected chi connectivity index (χ4v) is 2.18. The molecule has 1 N–H and O–H groups in total. The number of halogens is 1. The van der Waals surface area contributed by atoms with E-state index in [0.717, 1.165) is 21.9 Å². The van der Waals surface area contributed by atoms with Crippen LogP contribution in [0.2, 0.25) is 0 Å². The van der Waals surface area contributed by atoms with E-state index in [2.05, 4.69) is 45.1 Å². The molecule has 1 aromatic heterocycles. The fourth-order valence-electron chi connectivity index (χ4n) is 0.983. The molecule has 1 unspecified atom stereocenters. The Balaban J connectivity index is 2.62. The van der Waals surface area contributed by atoms with Gasteiger partial charge in [-0.1, -0.05) is 13.8 Å². The molecule has 1 rings (SSSR count). The van der Waals surface area contributed by atoms with Crippen LogP contribution in [0.3, 0.4) is 0 Å². The molecule has 0 radical (unpaired) electrons. The molecule has 0 saturated heterocycles. The highest BCUT2D eigenvalue weighted by molar-refractivity contribution is 9.10. The second-order valence-corrected chi connectivity index (χ2v) is 5.54. The van der Waals surface area contributed by atoms with E-state index in [4.69, 9.17) is 0 Å². The van der Waals surface area contributed by atoms with Crippen molar-refractivity contribution in [1.82, 2.24) is 9.97 Å². The Morgan fingerprint density at radius 1 is 1.60 bits per heavy atom. The van der Waals surface area contributed by atoms with Gasteiger partial charge in [0.2, 0.25) is 0 Å². The summed E-state index contributed by atoms with van der Waals surface area (Å²) in [5, 5.41) is 3.69. The minimum atomic E-state index is 0.662. The van der Waals surface area contributed by atoms with Crippen molar-refractivity contribution in [1.29, 1.82) is 0 Å². The quantitative estimate of drug-likeness (QED) is 0.902. The lowest BCUT2D eigenvalue weighted by molar-refractivity contribution is 0.901. The van der Waals surface area contributed by atoms with Gasteiger partial charge < -0.3 is 5.32 Å². The first-order valence-electron chi connectivity index (χ1n) is 4.98. The van der Waals surface area contributed by atoms with Crippen LogP contribution in [-0.4, -0.2) is 22.3 Å². The zero-order valence-electron chi connectivity index (χ0n) is 9.25. The van der Waals surface area contributed by atoms with E-state index in [1.165, 1.54) is 6.42 Å². The summed E-state index contributed by atoms with van der Waals surface area (Å²) in [6.07, 6.45) is 2.98. The van der Waals surface area contributed by atoms with Crippen LogP contribution in [-0.2, 0) is 5.75 Å². The smallest absolute Gasteiger partial charge is 0.143 e. The van der Waals surface area contributed by atoms with E-state index in [1.807, 2.05) is 18.8 Å².